The van der Waals surface area contributed by atoms with Crippen LogP contribution in [0.4, 0.5) is 13.2 Å². The van der Waals surface area contributed by atoms with Crippen molar-refractivity contribution < 1.29 is 17.9 Å². The highest BCUT2D eigenvalue weighted by molar-refractivity contribution is 5.85. The standard InChI is InChI=1S/C22H25F3N2O.2ClH/c1-2-26-21(18-10-6-7-11-19(18)28-22(23,24)25)15-13-17-12-14-20(21,27-17)16-8-4-3-5-9-16;;/h3-11,17,26-27H,2,12-15H2,1H3;2*1H. The molecule has 0 spiro atoms. The first kappa shape index (κ1) is 24.8. The van der Waals surface area contributed by atoms with E-state index in [1.807, 2.05) is 25.1 Å². The van der Waals surface area contributed by atoms with Crippen molar-refractivity contribution in [2.75, 3.05) is 6.54 Å². The van der Waals surface area contributed by atoms with Gasteiger partial charge in [0, 0.05) is 11.6 Å². The maximum atomic E-state index is 13.1. The number of nitrogens with one attached hydrogen (secondary N) is 2. The average Bonchev–Trinajstić information content (AvgIpc) is 3.05. The summed E-state index contributed by atoms with van der Waals surface area (Å²) in [4.78, 5) is 0. The Bertz CT molecular complexity index is 837. The third-order valence-electron chi connectivity index (χ3n) is 6.23. The van der Waals surface area contributed by atoms with Crippen LogP contribution < -0.4 is 15.4 Å². The van der Waals surface area contributed by atoms with Gasteiger partial charge in [-0.3, -0.25) is 0 Å². The third kappa shape index (κ3) is 4.15. The second-order valence-corrected chi connectivity index (χ2v) is 7.67. The van der Waals surface area contributed by atoms with Crippen LogP contribution in [0.15, 0.2) is 54.6 Å². The van der Waals surface area contributed by atoms with Gasteiger partial charge in [0.15, 0.2) is 0 Å². The number of ether oxygens (including phenoxy) is 1. The molecule has 0 aliphatic carbocycles. The van der Waals surface area contributed by atoms with E-state index >= 15 is 0 Å². The van der Waals surface area contributed by atoms with E-state index in [1.54, 1.807) is 18.2 Å². The van der Waals surface area contributed by atoms with E-state index in [4.69, 9.17) is 0 Å². The quantitative estimate of drug-likeness (QED) is 0.599. The van der Waals surface area contributed by atoms with Crippen LogP contribution in [0.5, 0.6) is 5.75 Å². The number of hydrogen-bond acceptors (Lipinski definition) is 3. The van der Waals surface area contributed by atoms with Gasteiger partial charge in [0.2, 0.25) is 0 Å². The minimum Gasteiger partial charge on any atom is -0.405 e. The summed E-state index contributed by atoms with van der Waals surface area (Å²) in [6.45, 7) is 2.63. The van der Waals surface area contributed by atoms with Crippen molar-refractivity contribution in [2.24, 2.45) is 0 Å². The lowest BCUT2D eigenvalue weighted by Crippen LogP contribution is -2.66. The highest BCUT2D eigenvalue weighted by Gasteiger charge is 2.60. The number of fused-ring (bicyclic) bond motifs is 2. The van der Waals surface area contributed by atoms with Crippen LogP contribution in [0, 0.1) is 0 Å². The minimum atomic E-state index is -4.73. The van der Waals surface area contributed by atoms with Crippen LogP contribution >= 0.6 is 24.8 Å². The fourth-order valence-electron chi connectivity index (χ4n) is 5.27. The summed E-state index contributed by atoms with van der Waals surface area (Å²) in [7, 11) is 0. The summed E-state index contributed by atoms with van der Waals surface area (Å²) < 4.78 is 43.9. The Balaban J connectivity index is 0.00000160. The van der Waals surface area contributed by atoms with Crippen LogP contribution in [0.3, 0.4) is 0 Å². The Hall–Kier alpha value is -1.47. The van der Waals surface area contributed by atoms with Gasteiger partial charge >= 0.3 is 6.36 Å². The Morgan fingerprint density at radius 3 is 2.30 bits per heavy atom. The van der Waals surface area contributed by atoms with Crippen molar-refractivity contribution >= 4 is 24.8 Å². The SMILES string of the molecule is CCNC1(c2ccccc2OC(F)(F)F)CCC2CCC1(c1ccccc1)N2.Cl.Cl. The van der Waals surface area contributed by atoms with E-state index < -0.39 is 17.4 Å². The molecule has 3 unspecified atom stereocenters. The molecule has 30 heavy (non-hydrogen) atoms. The van der Waals surface area contributed by atoms with Crippen LogP contribution in [0.2, 0.25) is 0 Å². The van der Waals surface area contributed by atoms with Crippen molar-refractivity contribution in [3.05, 3.63) is 65.7 Å². The summed E-state index contributed by atoms with van der Waals surface area (Å²) in [5.41, 5.74) is 0.474. The van der Waals surface area contributed by atoms with Gasteiger partial charge in [0.05, 0.1) is 11.1 Å². The predicted octanol–water partition coefficient (Wildman–Crippen LogP) is 5.67. The van der Waals surface area contributed by atoms with E-state index in [-0.39, 0.29) is 30.6 Å². The smallest absolute Gasteiger partial charge is 0.405 e. The van der Waals surface area contributed by atoms with Gasteiger partial charge in [-0.2, -0.15) is 0 Å². The number of rotatable bonds is 5. The molecule has 2 aliphatic rings. The summed E-state index contributed by atoms with van der Waals surface area (Å²) in [5, 5.41) is 7.38. The molecule has 0 aromatic heterocycles. The predicted molar refractivity (Wildman–Crippen MR) is 116 cm³/mol. The van der Waals surface area contributed by atoms with Crippen LogP contribution in [0.1, 0.15) is 43.7 Å². The molecule has 3 nitrogen and oxygen atoms in total. The first-order valence-corrected chi connectivity index (χ1v) is 9.84. The summed E-state index contributed by atoms with van der Waals surface area (Å²) in [5.74, 6) is -0.126. The second kappa shape index (κ2) is 9.35. The number of benzene rings is 2. The lowest BCUT2D eigenvalue weighted by atomic mass is 9.64. The van der Waals surface area contributed by atoms with Gasteiger partial charge in [0.25, 0.3) is 0 Å². The molecule has 2 saturated heterocycles. The number of alkyl halides is 3. The maximum absolute atomic E-state index is 13.1. The molecule has 0 saturated carbocycles. The average molecular weight is 463 g/mol. The van der Waals surface area contributed by atoms with Gasteiger partial charge in [0.1, 0.15) is 5.75 Å². The largest absolute Gasteiger partial charge is 0.573 e. The van der Waals surface area contributed by atoms with Gasteiger partial charge in [-0.25, -0.2) is 0 Å². The summed E-state index contributed by atoms with van der Waals surface area (Å²) in [6, 6.07) is 17.0. The topological polar surface area (TPSA) is 33.3 Å². The molecule has 3 atom stereocenters. The molecule has 2 aliphatic heterocycles. The Morgan fingerprint density at radius 1 is 1.00 bits per heavy atom. The molecular weight excluding hydrogens is 436 g/mol. The molecule has 8 heteroatoms. The van der Waals surface area contributed by atoms with Crippen LogP contribution in [0.25, 0.3) is 0 Å². The number of likely N-dealkylation sites (N-methyl/N-ethyl adjacent to an activating group) is 1. The van der Waals surface area contributed by atoms with Crippen molar-refractivity contribution in [2.45, 2.75) is 56.1 Å². The van der Waals surface area contributed by atoms with Gasteiger partial charge in [-0.15, -0.1) is 38.0 Å². The fourth-order valence-corrected chi connectivity index (χ4v) is 5.27. The molecule has 2 aromatic carbocycles. The van der Waals surface area contributed by atoms with E-state index in [0.717, 1.165) is 31.2 Å². The Morgan fingerprint density at radius 2 is 1.63 bits per heavy atom. The third-order valence-corrected chi connectivity index (χ3v) is 6.23. The van der Waals surface area contributed by atoms with E-state index in [1.165, 1.54) is 6.07 Å². The zero-order valence-corrected chi connectivity index (χ0v) is 18.3. The Labute approximate surface area is 187 Å². The molecule has 0 amide bonds. The van der Waals surface area contributed by atoms with Crippen LogP contribution in [-0.4, -0.2) is 18.9 Å². The first-order valence-electron chi connectivity index (χ1n) is 9.84. The highest BCUT2D eigenvalue weighted by Crippen LogP contribution is 2.56. The van der Waals surface area contributed by atoms with Crippen molar-refractivity contribution in [3.8, 4) is 5.75 Å². The Kier molecular flexibility index (Phi) is 7.73. The molecule has 0 radical (unpaired) electrons. The van der Waals surface area contributed by atoms with Crippen molar-refractivity contribution in [1.82, 2.24) is 10.6 Å². The van der Waals surface area contributed by atoms with Crippen molar-refractivity contribution in [1.29, 1.82) is 0 Å². The summed E-state index contributed by atoms with van der Waals surface area (Å²) in [6.07, 6.45) is -1.23. The molecule has 2 fully saturated rings. The first-order chi connectivity index (χ1) is 13.4. The minimum absolute atomic E-state index is 0. The molecule has 2 heterocycles. The van der Waals surface area contributed by atoms with E-state index in [2.05, 4.69) is 27.5 Å². The lowest BCUT2D eigenvalue weighted by Gasteiger charge is -2.54. The molecule has 166 valence electrons. The molecular formula is C22H27Cl2F3N2O. The maximum Gasteiger partial charge on any atom is 0.573 e. The normalized spacial score (nSPS) is 27.7. The second-order valence-electron chi connectivity index (χ2n) is 7.67. The monoisotopic (exact) mass is 462 g/mol. The molecule has 2 aromatic rings. The zero-order chi connectivity index (χ0) is 19.8. The highest BCUT2D eigenvalue weighted by atomic mass is 35.5. The number of halogens is 5. The molecule has 2 bridgehead atoms. The zero-order valence-electron chi connectivity index (χ0n) is 16.7. The lowest BCUT2D eigenvalue weighted by molar-refractivity contribution is -0.275. The number of piperidine rings is 1. The fraction of sp³-hybridized carbons (Fsp3) is 0.455. The molecule has 2 N–H and O–H groups in total. The van der Waals surface area contributed by atoms with Gasteiger partial charge in [-0.05, 0) is 43.9 Å². The van der Waals surface area contributed by atoms with Crippen LogP contribution in [-0.2, 0) is 11.1 Å². The van der Waals surface area contributed by atoms with E-state index in [0.29, 0.717) is 18.2 Å². The molecule has 4 rings (SSSR count). The number of para-hydroxylation sites is 1. The van der Waals surface area contributed by atoms with Gasteiger partial charge in [-0.1, -0.05) is 55.5 Å². The number of hydrogen-bond donors (Lipinski definition) is 2. The van der Waals surface area contributed by atoms with E-state index in [9.17, 15) is 13.2 Å². The summed E-state index contributed by atoms with van der Waals surface area (Å²) >= 11 is 0. The van der Waals surface area contributed by atoms with Gasteiger partial charge < -0.3 is 15.4 Å². The van der Waals surface area contributed by atoms with Crippen molar-refractivity contribution in [3.63, 3.8) is 0 Å².